The fraction of sp³-hybridized carbons (Fsp3) is 0.739. The molecule has 2 aliphatic carbocycles. The number of cyclic esters (lactones) is 1. The second kappa shape index (κ2) is 8.81. The molecule has 1 aliphatic heterocycles. The summed E-state index contributed by atoms with van der Waals surface area (Å²) in [6.45, 7) is 6.05. The molecule has 0 aromatic rings. The van der Waals surface area contributed by atoms with Crippen LogP contribution in [0.5, 0.6) is 0 Å². The van der Waals surface area contributed by atoms with Crippen molar-refractivity contribution in [3.63, 3.8) is 0 Å². The number of ether oxygens (including phenoxy) is 2. The monoisotopic (exact) mass is 390 g/mol. The Morgan fingerprint density at radius 3 is 2.89 bits per heavy atom. The summed E-state index contributed by atoms with van der Waals surface area (Å²) in [5, 5.41) is 10.2. The van der Waals surface area contributed by atoms with Gasteiger partial charge in [0.25, 0.3) is 0 Å². The van der Waals surface area contributed by atoms with Gasteiger partial charge in [-0.2, -0.15) is 0 Å². The zero-order chi connectivity index (χ0) is 20.3. The van der Waals surface area contributed by atoms with Crippen LogP contribution < -0.4 is 0 Å². The lowest BCUT2D eigenvalue weighted by Crippen LogP contribution is -2.51. The molecule has 5 nitrogen and oxygen atoms in total. The highest BCUT2D eigenvalue weighted by Crippen LogP contribution is 2.49. The molecule has 5 unspecified atom stereocenters. The minimum atomic E-state index is -0.688. The number of hydrogen-bond acceptors (Lipinski definition) is 5. The summed E-state index contributed by atoms with van der Waals surface area (Å²) in [6, 6.07) is 0. The van der Waals surface area contributed by atoms with Crippen molar-refractivity contribution >= 4 is 11.9 Å². The average Bonchev–Trinajstić information content (AvgIpc) is 2.67. The summed E-state index contributed by atoms with van der Waals surface area (Å²) in [5.74, 6) is -0.0570. The minimum absolute atomic E-state index is 0.0386. The number of carbonyl (C=O) groups excluding carboxylic acids is 2. The highest BCUT2D eigenvalue weighted by Gasteiger charge is 2.50. The largest absolute Gasteiger partial charge is 0.462 e. The Bertz CT molecular complexity index is 651. The van der Waals surface area contributed by atoms with Gasteiger partial charge in [-0.15, -0.1) is 0 Å². The van der Waals surface area contributed by atoms with Gasteiger partial charge in [-0.05, 0) is 62.5 Å². The van der Waals surface area contributed by atoms with Crippen LogP contribution in [0.3, 0.4) is 0 Å². The van der Waals surface area contributed by atoms with E-state index in [0.29, 0.717) is 19.3 Å². The Morgan fingerprint density at radius 2 is 2.18 bits per heavy atom. The molecule has 0 aromatic carbocycles. The molecule has 0 radical (unpaired) electrons. The number of allylic oxidation sites excluding steroid dienone is 1. The lowest BCUT2D eigenvalue weighted by molar-refractivity contribution is -0.171. The second-order valence-corrected chi connectivity index (χ2v) is 8.75. The standard InChI is InChI=1S/C23H34O5/c1-4-15(2)22(26)28-23-13-12-18(24)14-17(23)9-8-16(3)20(23)11-10-19-6-5-7-21(25)27-19/h8-9,14-16,18-20,24H,4-7,10-13H2,1-3H3/t15?,16?,18?,19-,20?,23?/m0/s1. The number of carbonyl (C=O) groups is 2. The maximum atomic E-state index is 12.8. The number of aliphatic hydroxyl groups is 1. The zero-order valence-corrected chi connectivity index (χ0v) is 17.4. The van der Waals surface area contributed by atoms with Crippen molar-refractivity contribution in [2.75, 3.05) is 0 Å². The number of rotatable bonds is 6. The van der Waals surface area contributed by atoms with Gasteiger partial charge in [-0.3, -0.25) is 9.59 Å². The summed E-state index contributed by atoms with van der Waals surface area (Å²) in [6.07, 6.45) is 11.4. The summed E-state index contributed by atoms with van der Waals surface area (Å²) >= 11 is 0. The van der Waals surface area contributed by atoms with E-state index in [4.69, 9.17) is 9.47 Å². The number of fused-ring (bicyclic) bond motifs is 1. The van der Waals surface area contributed by atoms with Crippen molar-refractivity contribution in [2.45, 2.75) is 89.9 Å². The minimum Gasteiger partial charge on any atom is -0.462 e. The van der Waals surface area contributed by atoms with E-state index in [9.17, 15) is 14.7 Å². The van der Waals surface area contributed by atoms with Crippen LogP contribution in [0.25, 0.3) is 0 Å². The van der Waals surface area contributed by atoms with Gasteiger partial charge in [0.15, 0.2) is 0 Å². The summed E-state index contributed by atoms with van der Waals surface area (Å²) < 4.78 is 11.8. The Hall–Kier alpha value is -1.62. The molecule has 3 aliphatic rings. The van der Waals surface area contributed by atoms with Crippen molar-refractivity contribution in [3.05, 3.63) is 23.8 Å². The molecule has 1 N–H and O–H groups in total. The molecular weight excluding hydrogens is 356 g/mol. The Kier molecular flexibility index (Phi) is 6.64. The first-order valence-corrected chi connectivity index (χ1v) is 10.9. The first-order chi connectivity index (χ1) is 13.4. The quantitative estimate of drug-likeness (QED) is 0.692. The Labute approximate surface area is 168 Å². The molecule has 3 rings (SSSR count). The smallest absolute Gasteiger partial charge is 0.309 e. The van der Waals surface area contributed by atoms with Crippen LogP contribution in [0.2, 0.25) is 0 Å². The first kappa shape index (κ1) is 21.1. The second-order valence-electron chi connectivity index (χ2n) is 8.75. The van der Waals surface area contributed by atoms with Crippen molar-refractivity contribution in [2.24, 2.45) is 17.8 Å². The van der Waals surface area contributed by atoms with Gasteiger partial charge in [-0.1, -0.05) is 32.9 Å². The molecule has 0 aromatic heterocycles. The normalized spacial score (nSPS) is 36.1. The van der Waals surface area contributed by atoms with E-state index in [1.807, 2.05) is 26.0 Å². The molecule has 156 valence electrons. The molecule has 0 spiro atoms. The van der Waals surface area contributed by atoms with E-state index < -0.39 is 11.7 Å². The zero-order valence-electron chi connectivity index (χ0n) is 17.4. The fourth-order valence-electron chi connectivity index (χ4n) is 4.82. The highest BCUT2D eigenvalue weighted by molar-refractivity contribution is 5.73. The Morgan fingerprint density at radius 1 is 1.39 bits per heavy atom. The summed E-state index contributed by atoms with van der Waals surface area (Å²) in [5.41, 5.74) is 0.235. The van der Waals surface area contributed by atoms with Crippen LogP contribution in [0.4, 0.5) is 0 Å². The van der Waals surface area contributed by atoms with Gasteiger partial charge >= 0.3 is 11.9 Å². The van der Waals surface area contributed by atoms with E-state index in [1.165, 1.54) is 0 Å². The van der Waals surface area contributed by atoms with Gasteiger partial charge in [-0.25, -0.2) is 0 Å². The van der Waals surface area contributed by atoms with Gasteiger partial charge < -0.3 is 14.6 Å². The maximum Gasteiger partial charge on any atom is 0.309 e. The van der Waals surface area contributed by atoms with Crippen LogP contribution in [-0.4, -0.2) is 34.9 Å². The highest BCUT2D eigenvalue weighted by atomic mass is 16.6. The molecule has 1 saturated heterocycles. The molecule has 0 bridgehead atoms. The molecule has 1 fully saturated rings. The topological polar surface area (TPSA) is 72.8 Å². The van der Waals surface area contributed by atoms with Gasteiger partial charge in [0.2, 0.25) is 0 Å². The predicted octanol–water partition coefficient (Wildman–Crippen LogP) is 4.09. The van der Waals surface area contributed by atoms with Crippen LogP contribution >= 0.6 is 0 Å². The number of esters is 2. The van der Waals surface area contributed by atoms with Gasteiger partial charge in [0.05, 0.1) is 12.0 Å². The van der Waals surface area contributed by atoms with Crippen LogP contribution in [0.15, 0.2) is 23.8 Å². The average molecular weight is 391 g/mol. The van der Waals surface area contributed by atoms with Crippen molar-refractivity contribution < 1.29 is 24.2 Å². The fourth-order valence-corrected chi connectivity index (χ4v) is 4.82. The van der Waals surface area contributed by atoms with Crippen molar-refractivity contribution in [1.29, 1.82) is 0 Å². The molecule has 0 saturated carbocycles. The maximum absolute atomic E-state index is 12.8. The third-order valence-corrected chi connectivity index (χ3v) is 6.79. The van der Waals surface area contributed by atoms with Gasteiger partial charge in [0, 0.05) is 12.3 Å². The van der Waals surface area contributed by atoms with E-state index in [1.54, 1.807) is 0 Å². The SMILES string of the molecule is CCC(C)C(=O)OC12CCC(O)C=C1C=CC(C)C2CC[C@@H]1CCCC(=O)O1. The third-order valence-electron chi connectivity index (χ3n) is 6.79. The van der Waals surface area contributed by atoms with E-state index in [-0.39, 0.29) is 35.8 Å². The molecule has 1 heterocycles. The van der Waals surface area contributed by atoms with Crippen LogP contribution in [0.1, 0.15) is 72.1 Å². The predicted molar refractivity (Wildman–Crippen MR) is 106 cm³/mol. The lowest BCUT2D eigenvalue weighted by atomic mass is 9.64. The molecular formula is C23H34O5. The van der Waals surface area contributed by atoms with Crippen LogP contribution in [-0.2, 0) is 19.1 Å². The van der Waals surface area contributed by atoms with Crippen molar-refractivity contribution in [3.8, 4) is 0 Å². The number of aliphatic hydroxyl groups excluding tert-OH is 1. The van der Waals surface area contributed by atoms with Gasteiger partial charge in [0.1, 0.15) is 11.7 Å². The Balaban J connectivity index is 1.84. The van der Waals surface area contributed by atoms with Crippen LogP contribution in [0, 0.1) is 17.8 Å². The molecule has 6 atom stereocenters. The summed E-state index contributed by atoms with van der Waals surface area (Å²) in [7, 11) is 0. The third kappa shape index (κ3) is 4.35. The van der Waals surface area contributed by atoms with E-state index in [2.05, 4.69) is 13.0 Å². The molecule has 5 heteroatoms. The van der Waals surface area contributed by atoms with E-state index in [0.717, 1.165) is 37.7 Å². The lowest BCUT2D eigenvalue weighted by Gasteiger charge is -2.49. The molecule has 0 amide bonds. The number of hydrogen-bond donors (Lipinski definition) is 1. The van der Waals surface area contributed by atoms with Crippen molar-refractivity contribution in [1.82, 2.24) is 0 Å². The summed E-state index contributed by atoms with van der Waals surface area (Å²) in [4.78, 5) is 24.4. The first-order valence-electron chi connectivity index (χ1n) is 10.9. The molecule has 28 heavy (non-hydrogen) atoms. The van der Waals surface area contributed by atoms with E-state index >= 15 is 0 Å².